The normalized spacial score (nSPS) is 13.3. The van der Waals surface area contributed by atoms with E-state index in [1.165, 1.54) is 18.2 Å². The van der Waals surface area contributed by atoms with E-state index in [4.69, 9.17) is 0 Å². The fourth-order valence-corrected chi connectivity index (χ4v) is 3.37. The molecule has 0 saturated carbocycles. The zero-order chi connectivity index (χ0) is 14.3. The van der Waals surface area contributed by atoms with E-state index in [1.807, 2.05) is 0 Å². The minimum atomic E-state index is -1.08. The number of carbonyl (C=O) groups excluding carboxylic acids is 1. The number of halogens is 1. The Hall–Kier alpha value is -2.14. The minimum Gasteiger partial charge on any atom is -0.478 e. The highest BCUT2D eigenvalue weighted by Crippen LogP contribution is 2.39. The summed E-state index contributed by atoms with van der Waals surface area (Å²) in [6.07, 6.45) is -0.0265. The molecule has 1 heterocycles. The van der Waals surface area contributed by atoms with Crippen molar-refractivity contribution in [1.82, 2.24) is 0 Å². The number of carboxylic acids is 1. The molecule has 3 nitrogen and oxygen atoms in total. The van der Waals surface area contributed by atoms with Crippen molar-refractivity contribution in [1.29, 1.82) is 0 Å². The predicted octanol–water partition coefficient (Wildman–Crippen LogP) is 3.41. The summed E-state index contributed by atoms with van der Waals surface area (Å²) in [4.78, 5) is 24.3. The standard InChI is InChI=1S/C15H9FO3S/c16-11-5-1-4-9-12(17)7-10-8(15(18)19)3-2-6-13(10)20-14(9)11/h1-6H,7H2,(H,18,19). The third kappa shape index (κ3) is 2.00. The van der Waals surface area contributed by atoms with Gasteiger partial charge in [-0.3, -0.25) is 4.79 Å². The molecular weight excluding hydrogens is 279 g/mol. The van der Waals surface area contributed by atoms with Gasteiger partial charge in [0.1, 0.15) is 5.82 Å². The summed E-state index contributed by atoms with van der Waals surface area (Å²) in [5.74, 6) is -1.81. The van der Waals surface area contributed by atoms with Gasteiger partial charge in [0, 0.05) is 16.9 Å². The Bertz CT molecular complexity index is 740. The number of Topliss-reactive ketones (excluding diaryl/α,β-unsaturated/α-hetero) is 1. The summed E-state index contributed by atoms with van der Waals surface area (Å²) >= 11 is 1.11. The summed E-state index contributed by atoms with van der Waals surface area (Å²) in [6, 6.07) is 9.13. The molecule has 0 fully saturated rings. The molecule has 0 atom stereocenters. The van der Waals surface area contributed by atoms with E-state index in [0.717, 1.165) is 11.8 Å². The van der Waals surface area contributed by atoms with E-state index in [2.05, 4.69) is 0 Å². The van der Waals surface area contributed by atoms with Gasteiger partial charge in [0.25, 0.3) is 0 Å². The van der Waals surface area contributed by atoms with E-state index in [-0.39, 0.29) is 22.7 Å². The topological polar surface area (TPSA) is 54.4 Å². The molecule has 1 N–H and O–H groups in total. The first-order valence-electron chi connectivity index (χ1n) is 5.92. The smallest absolute Gasteiger partial charge is 0.336 e. The number of carboxylic acid groups (broad SMARTS) is 1. The number of carbonyl (C=O) groups is 2. The first kappa shape index (κ1) is 12.9. The maximum absolute atomic E-state index is 13.9. The molecule has 20 heavy (non-hydrogen) atoms. The van der Waals surface area contributed by atoms with Crippen molar-refractivity contribution in [2.75, 3.05) is 0 Å². The fraction of sp³-hybridized carbons (Fsp3) is 0.0667. The van der Waals surface area contributed by atoms with Crippen molar-refractivity contribution in [3.63, 3.8) is 0 Å². The minimum absolute atomic E-state index is 0.0265. The monoisotopic (exact) mass is 288 g/mol. The van der Waals surface area contributed by atoms with Gasteiger partial charge < -0.3 is 5.11 Å². The van der Waals surface area contributed by atoms with E-state index < -0.39 is 11.8 Å². The van der Waals surface area contributed by atoms with Crippen molar-refractivity contribution >= 4 is 23.5 Å². The van der Waals surface area contributed by atoms with E-state index in [0.29, 0.717) is 16.0 Å². The van der Waals surface area contributed by atoms with Crippen LogP contribution in [-0.4, -0.2) is 16.9 Å². The van der Waals surface area contributed by atoms with Gasteiger partial charge in [0.2, 0.25) is 0 Å². The molecule has 1 aliphatic rings. The highest BCUT2D eigenvalue weighted by Gasteiger charge is 2.25. The van der Waals surface area contributed by atoms with Gasteiger partial charge in [-0.2, -0.15) is 0 Å². The summed E-state index contributed by atoms with van der Waals surface area (Å²) in [5, 5.41) is 9.20. The van der Waals surface area contributed by atoms with Crippen LogP contribution in [0.1, 0.15) is 26.3 Å². The highest BCUT2D eigenvalue weighted by atomic mass is 32.2. The average Bonchev–Trinajstić information content (AvgIpc) is 2.56. The molecule has 0 bridgehead atoms. The lowest BCUT2D eigenvalue weighted by Crippen LogP contribution is -2.09. The molecule has 2 aromatic carbocycles. The van der Waals surface area contributed by atoms with Crippen LogP contribution in [0.4, 0.5) is 4.39 Å². The number of hydrogen-bond acceptors (Lipinski definition) is 3. The third-order valence-electron chi connectivity index (χ3n) is 3.18. The van der Waals surface area contributed by atoms with Crippen LogP contribution in [0.15, 0.2) is 46.2 Å². The molecule has 3 rings (SSSR count). The molecule has 5 heteroatoms. The Morgan fingerprint density at radius 1 is 1.20 bits per heavy atom. The Morgan fingerprint density at radius 2 is 1.95 bits per heavy atom. The largest absolute Gasteiger partial charge is 0.478 e. The molecule has 2 aromatic rings. The molecule has 1 aliphatic heterocycles. The summed E-state index contributed by atoms with van der Waals surface area (Å²) in [6.45, 7) is 0. The van der Waals surface area contributed by atoms with Gasteiger partial charge in [-0.1, -0.05) is 30.0 Å². The number of fused-ring (bicyclic) bond motifs is 2. The summed E-state index contributed by atoms with van der Waals surface area (Å²) < 4.78 is 13.9. The number of aromatic carboxylic acids is 1. The molecule has 0 aliphatic carbocycles. The molecule has 0 saturated heterocycles. The van der Waals surface area contributed by atoms with Crippen molar-refractivity contribution in [3.05, 3.63) is 58.9 Å². The van der Waals surface area contributed by atoms with Crippen LogP contribution in [0.25, 0.3) is 0 Å². The van der Waals surface area contributed by atoms with Gasteiger partial charge in [0.05, 0.1) is 10.5 Å². The lowest BCUT2D eigenvalue weighted by atomic mass is 9.99. The molecular formula is C15H9FO3S. The first-order chi connectivity index (χ1) is 9.58. The molecule has 0 radical (unpaired) electrons. The quantitative estimate of drug-likeness (QED) is 0.873. The van der Waals surface area contributed by atoms with Crippen molar-refractivity contribution in [3.8, 4) is 0 Å². The second kappa shape index (κ2) is 4.76. The van der Waals surface area contributed by atoms with Crippen LogP contribution in [0.5, 0.6) is 0 Å². The number of benzene rings is 2. The lowest BCUT2D eigenvalue weighted by Gasteiger charge is -2.08. The Balaban J connectivity index is 2.23. The molecule has 0 aromatic heterocycles. The van der Waals surface area contributed by atoms with E-state index in [9.17, 15) is 19.1 Å². The molecule has 0 unspecified atom stereocenters. The van der Waals surface area contributed by atoms with E-state index >= 15 is 0 Å². The van der Waals surface area contributed by atoms with Gasteiger partial charge in [-0.15, -0.1) is 0 Å². The zero-order valence-corrected chi connectivity index (χ0v) is 11.0. The van der Waals surface area contributed by atoms with Crippen LogP contribution >= 0.6 is 11.8 Å². The van der Waals surface area contributed by atoms with E-state index in [1.54, 1.807) is 18.2 Å². The fourth-order valence-electron chi connectivity index (χ4n) is 2.24. The number of rotatable bonds is 1. The Morgan fingerprint density at radius 3 is 2.70 bits per heavy atom. The summed E-state index contributed by atoms with van der Waals surface area (Å²) in [5.41, 5.74) is 0.852. The molecule has 100 valence electrons. The Kier molecular flexibility index (Phi) is 3.06. The maximum Gasteiger partial charge on any atom is 0.336 e. The van der Waals surface area contributed by atoms with Crippen molar-refractivity contribution in [2.45, 2.75) is 16.2 Å². The Labute approximate surface area is 118 Å². The van der Waals surface area contributed by atoms with Crippen molar-refractivity contribution in [2.24, 2.45) is 0 Å². The average molecular weight is 288 g/mol. The second-order valence-electron chi connectivity index (χ2n) is 4.41. The number of hydrogen-bond donors (Lipinski definition) is 1. The number of ketones is 1. The van der Waals surface area contributed by atoms with Gasteiger partial charge in [-0.25, -0.2) is 9.18 Å². The van der Waals surface area contributed by atoms with Gasteiger partial charge >= 0.3 is 5.97 Å². The second-order valence-corrected chi connectivity index (χ2v) is 5.46. The van der Waals surface area contributed by atoms with Crippen molar-refractivity contribution < 1.29 is 19.1 Å². The lowest BCUT2D eigenvalue weighted by molar-refractivity contribution is 0.0695. The first-order valence-corrected chi connectivity index (χ1v) is 6.74. The van der Waals surface area contributed by atoms with Crippen LogP contribution < -0.4 is 0 Å². The molecule has 0 spiro atoms. The predicted molar refractivity (Wildman–Crippen MR) is 72.0 cm³/mol. The zero-order valence-electron chi connectivity index (χ0n) is 10.2. The van der Waals surface area contributed by atoms with Crippen LogP contribution in [0.3, 0.4) is 0 Å². The summed E-state index contributed by atoms with van der Waals surface area (Å²) in [7, 11) is 0. The van der Waals surface area contributed by atoms with Crippen LogP contribution in [-0.2, 0) is 6.42 Å². The highest BCUT2D eigenvalue weighted by molar-refractivity contribution is 7.99. The third-order valence-corrected chi connectivity index (χ3v) is 4.40. The SMILES string of the molecule is O=C(O)c1cccc2c1CC(=O)c1cccc(F)c1S2. The van der Waals surface area contributed by atoms with Gasteiger partial charge in [-0.05, 0) is 23.8 Å². The maximum atomic E-state index is 13.9. The van der Waals surface area contributed by atoms with Crippen LogP contribution in [0.2, 0.25) is 0 Å². The molecule has 0 amide bonds. The van der Waals surface area contributed by atoms with Crippen LogP contribution in [0, 0.1) is 5.82 Å². The van der Waals surface area contributed by atoms with Gasteiger partial charge in [0.15, 0.2) is 5.78 Å².